The van der Waals surface area contributed by atoms with E-state index in [4.69, 9.17) is 4.74 Å². The first-order chi connectivity index (χ1) is 9.90. The van der Waals surface area contributed by atoms with E-state index in [9.17, 15) is 19.6 Å². The molecular formula is C14H11BrFNO4. The number of benzene rings is 2. The van der Waals surface area contributed by atoms with E-state index in [1.165, 1.54) is 0 Å². The van der Waals surface area contributed by atoms with E-state index < -0.39 is 16.8 Å². The SMILES string of the molecule is CC(O)c1ccccc1Oc1cc(F)c(Br)cc1[N+](=O)[O-]. The highest BCUT2D eigenvalue weighted by Crippen LogP contribution is 2.37. The highest BCUT2D eigenvalue weighted by Gasteiger charge is 2.21. The fourth-order valence-electron chi connectivity index (χ4n) is 1.78. The molecular weight excluding hydrogens is 345 g/mol. The van der Waals surface area contributed by atoms with Crippen LogP contribution in [0.4, 0.5) is 10.1 Å². The van der Waals surface area contributed by atoms with Crippen molar-refractivity contribution in [1.29, 1.82) is 0 Å². The third kappa shape index (κ3) is 3.37. The van der Waals surface area contributed by atoms with Crippen molar-refractivity contribution in [2.75, 3.05) is 0 Å². The van der Waals surface area contributed by atoms with E-state index >= 15 is 0 Å². The van der Waals surface area contributed by atoms with Gasteiger partial charge in [0, 0.05) is 17.7 Å². The van der Waals surface area contributed by atoms with Crippen LogP contribution >= 0.6 is 15.9 Å². The topological polar surface area (TPSA) is 72.6 Å². The largest absolute Gasteiger partial charge is 0.450 e. The summed E-state index contributed by atoms with van der Waals surface area (Å²) in [7, 11) is 0. The fourth-order valence-corrected chi connectivity index (χ4v) is 2.11. The Morgan fingerprint density at radius 3 is 2.62 bits per heavy atom. The van der Waals surface area contributed by atoms with Crippen molar-refractivity contribution in [3.05, 3.63) is 62.4 Å². The van der Waals surface area contributed by atoms with Gasteiger partial charge in [-0.25, -0.2) is 4.39 Å². The van der Waals surface area contributed by atoms with Crippen LogP contribution in [0, 0.1) is 15.9 Å². The second-order valence-electron chi connectivity index (χ2n) is 4.31. The zero-order valence-electron chi connectivity index (χ0n) is 10.9. The van der Waals surface area contributed by atoms with Crippen molar-refractivity contribution < 1.29 is 19.2 Å². The number of hydrogen-bond donors (Lipinski definition) is 1. The Balaban J connectivity index is 2.49. The maximum atomic E-state index is 13.6. The molecule has 2 rings (SSSR count). The molecule has 1 N–H and O–H groups in total. The van der Waals surface area contributed by atoms with Crippen LogP contribution in [0.3, 0.4) is 0 Å². The molecule has 0 aromatic heterocycles. The summed E-state index contributed by atoms with van der Waals surface area (Å²) in [6.45, 7) is 1.54. The number of nitrogens with zero attached hydrogens (tertiary/aromatic N) is 1. The predicted octanol–water partition coefficient (Wildman–Crippen LogP) is 4.34. The molecule has 0 aliphatic rings. The van der Waals surface area contributed by atoms with Crippen LogP contribution in [0.15, 0.2) is 40.9 Å². The van der Waals surface area contributed by atoms with Gasteiger partial charge < -0.3 is 9.84 Å². The van der Waals surface area contributed by atoms with Gasteiger partial charge in [-0.05, 0) is 28.9 Å². The molecule has 5 nitrogen and oxygen atoms in total. The smallest absolute Gasteiger partial charge is 0.312 e. The van der Waals surface area contributed by atoms with Gasteiger partial charge in [0.05, 0.1) is 15.5 Å². The number of rotatable bonds is 4. The van der Waals surface area contributed by atoms with Gasteiger partial charge in [-0.15, -0.1) is 0 Å². The van der Waals surface area contributed by atoms with Gasteiger partial charge in [0.2, 0.25) is 5.75 Å². The van der Waals surface area contributed by atoms with E-state index in [1.54, 1.807) is 31.2 Å². The lowest BCUT2D eigenvalue weighted by atomic mass is 10.1. The Kier molecular flexibility index (Phi) is 4.54. The minimum absolute atomic E-state index is 0.0228. The molecule has 0 amide bonds. The normalized spacial score (nSPS) is 12.0. The van der Waals surface area contributed by atoms with Crippen molar-refractivity contribution >= 4 is 21.6 Å². The van der Waals surface area contributed by atoms with E-state index in [2.05, 4.69) is 15.9 Å². The van der Waals surface area contributed by atoms with E-state index in [0.29, 0.717) is 5.56 Å². The van der Waals surface area contributed by atoms with E-state index in [-0.39, 0.29) is 21.7 Å². The predicted molar refractivity (Wildman–Crippen MR) is 77.9 cm³/mol. The number of halogens is 2. The van der Waals surface area contributed by atoms with Crippen LogP contribution in [0.25, 0.3) is 0 Å². The van der Waals surface area contributed by atoms with Crippen LogP contribution in [0.1, 0.15) is 18.6 Å². The average Bonchev–Trinajstić information content (AvgIpc) is 2.42. The quantitative estimate of drug-likeness (QED) is 0.653. The first kappa shape index (κ1) is 15.4. The highest BCUT2D eigenvalue weighted by molar-refractivity contribution is 9.10. The van der Waals surface area contributed by atoms with Crippen LogP contribution in [-0.2, 0) is 0 Å². The fraction of sp³-hybridized carbons (Fsp3) is 0.143. The number of ether oxygens (including phenoxy) is 1. The van der Waals surface area contributed by atoms with E-state index in [0.717, 1.165) is 12.1 Å². The monoisotopic (exact) mass is 355 g/mol. The molecule has 0 spiro atoms. The number of nitro benzene ring substituents is 1. The Bertz CT molecular complexity index is 691. The molecule has 0 saturated heterocycles. The van der Waals surface area contributed by atoms with Gasteiger partial charge in [0.1, 0.15) is 11.6 Å². The summed E-state index contributed by atoms with van der Waals surface area (Å²) in [6.07, 6.45) is -0.819. The summed E-state index contributed by atoms with van der Waals surface area (Å²) in [5.41, 5.74) is 0.0822. The number of aliphatic hydroxyl groups is 1. The molecule has 0 aliphatic carbocycles. The Morgan fingerprint density at radius 2 is 2.00 bits per heavy atom. The highest BCUT2D eigenvalue weighted by atomic mass is 79.9. The Labute approximate surface area is 128 Å². The molecule has 0 heterocycles. The van der Waals surface area contributed by atoms with Crippen LogP contribution in [0.2, 0.25) is 0 Å². The third-order valence-corrected chi connectivity index (χ3v) is 3.40. The molecule has 2 aromatic carbocycles. The van der Waals surface area contributed by atoms with Gasteiger partial charge >= 0.3 is 5.69 Å². The molecule has 110 valence electrons. The summed E-state index contributed by atoms with van der Waals surface area (Å²) < 4.78 is 19.0. The molecule has 2 aromatic rings. The second kappa shape index (κ2) is 6.19. The van der Waals surface area contributed by atoms with Crippen LogP contribution < -0.4 is 4.74 Å². The van der Waals surface area contributed by atoms with Crippen molar-refractivity contribution in [3.8, 4) is 11.5 Å². The van der Waals surface area contributed by atoms with Gasteiger partial charge in [0.15, 0.2) is 0 Å². The molecule has 0 saturated carbocycles. The minimum Gasteiger partial charge on any atom is -0.450 e. The molecule has 21 heavy (non-hydrogen) atoms. The van der Waals surface area contributed by atoms with Crippen molar-refractivity contribution in [3.63, 3.8) is 0 Å². The molecule has 0 bridgehead atoms. The Hall–Kier alpha value is -1.99. The zero-order valence-corrected chi connectivity index (χ0v) is 12.5. The molecule has 0 aliphatic heterocycles. The summed E-state index contributed by atoms with van der Waals surface area (Å²) in [5, 5.41) is 20.7. The number of para-hydroxylation sites is 1. The summed E-state index contributed by atoms with van der Waals surface area (Å²) >= 11 is 2.90. The number of nitro groups is 1. The van der Waals surface area contributed by atoms with Crippen LogP contribution in [-0.4, -0.2) is 10.0 Å². The molecule has 0 radical (unpaired) electrons. The lowest BCUT2D eigenvalue weighted by molar-refractivity contribution is -0.385. The van der Waals surface area contributed by atoms with Crippen LogP contribution in [0.5, 0.6) is 11.5 Å². The molecule has 1 unspecified atom stereocenters. The lowest BCUT2D eigenvalue weighted by Crippen LogP contribution is -1.99. The summed E-state index contributed by atoms with van der Waals surface area (Å²) in [4.78, 5) is 10.4. The van der Waals surface area contributed by atoms with Gasteiger partial charge in [0.25, 0.3) is 0 Å². The second-order valence-corrected chi connectivity index (χ2v) is 5.16. The van der Waals surface area contributed by atoms with Gasteiger partial charge in [-0.2, -0.15) is 0 Å². The zero-order chi connectivity index (χ0) is 15.6. The van der Waals surface area contributed by atoms with Crippen molar-refractivity contribution in [1.82, 2.24) is 0 Å². The maximum absolute atomic E-state index is 13.6. The first-order valence-corrected chi connectivity index (χ1v) is 6.77. The number of hydrogen-bond acceptors (Lipinski definition) is 4. The summed E-state index contributed by atoms with van der Waals surface area (Å²) in [6, 6.07) is 8.50. The van der Waals surface area contributed by atoms with Gasteiger partial charge in [-0.3, -0.25) is 10.1 Å². The Morgan fingerprint density at radius 1 is 1.33 bits per heavy atom. The lowest BCUT2D eigenvalue weighted by Gasteiger charge is -2.13. The molecule has 7 heteroatoms. The van der Waals surface area contributed by atoms with Crippen molar-refractivity contribution in [2.24, 2.45) is 0 Å². The maximum Gasteiger partial charge on any atom is 0.312 e. The van der Waals surface area contributed by atoms with Gasteiger partial charge in [-0.1, -0.05) is 18.2 Å². The molecule has 1 atom stereocenters. The first-order valence-electron chi connectivity index (χ1n) is 5.98. The average molecular weight is 356 g/mol. The number of aliphatic hydroxyl groups excluding tert-OH is 1. The summed E-state index contributed by atoms with van der Waals surface area (Å²) in [5.74, 6) is -0.670. The van der Waals surface area contributed by atoms with Crippen molar-refractivity contribution in [2.45, 2.75) is 13.0 Å². The minimum atomic E-state index is -0.819. The standard InChI is InChI=1S/C14H11BrFNO4/c1-8(18)9-4-2-3-5-13(9)21-14-7-11(16)10(15)6-12(14)17(19)20/h2-8,18H,1H3. The van der Waals surface area contributed by atoms with E-state index in [1.807, 2.05) is 0 Å². The third-order valence-electron chi connectivity index (χ3n) is 2.79. The molecule has 0 fully saturated rings.